The minimum Gasteiger partial charge on any atom is -0.496 e. The zero-order valence-electron chi connectivity index (χ0n) is 14.9. The van der Waals surface area contributed by atoms with Gasteiger partial charge in [-0.05, 0) is 57.0 Å². The molecule has 0 spiro atoms. The maximum atomic E-state index is 12.4. The Bertz CT molecular complexity index is 692. The van der Waals surface area contributed by atoms with Crippen LogP contribution in [0.15, 0.2) is 42.5 Å². The van der Waals surface area contributed by atoms with Gasteiger partial charge in [0.05, 0.1) is 13.2 Å². The SMILES string of the molecule is COc1ccccc1[C@@H](C)NC(=O)[C@@H](C)Oc1cc(C)cc(C)c1. The molecule has 0 saturated carbocycles. The highest BCUT2D eigenvalue weighted by Crippen LogP contribution is 2.24. The van der Waals surface area contributed by atoms with Gasteiger partial charge in [0, 0.05) is 5.56 Å². The lowest BCUT2D eigenvalue weighted by Crippen LogP contribution is -2.37. The molecule has 0 aliphatic heterocycles. The van der Waals surface area contributed by atoms with Gasteiger partial charge in [0.1, 0.15) is 11.5 Å². The molecular formula is C20H25NO3. The Hall–Kier alpha value is -2.49. The molecule has 1 amide bonds. The van der Waals surface area contributed by atoms with Crippen molar-refractivity contribution in [3.63, 3.8) is 0 Å². The predicted molar refractivity (Wildman–Crippen MR) is 95.6 cm³/mol. The van der Waals surface area contributed by atoms with Crippen molar-refractivity contribution in [2.24, 2.45) is 0 Å². The van der Waals surface area contributed by atoms with Gasteiger partial charge in [-0.1, -0.05) is 24.3 Å². The molecule has 4 heteroatoms. The minimum absolute atomic E-state index is 0.160. The standard InChI is InChI=1S/C20H25NO3/c1-13-10-14(2)12-17(11-13)24-16(4)20(22)21-15(3)18-8-6-7-9-19(18)23-5/h6-12,15-16H,1-5H3,(H,21,22)/t15-,16-/m1/s1. The van der Waals surface area contributed by atoms with Crippen molar-refractivity contribution in [2.75, 3.05) is 7.11 Å². The number of amides is 1. The van der Waals surface area contributed by atoms with Crippen LogP contribution >= 0.6 is 0 Å². The molecule has 2 aromatic carbocycles. The number of benzene rings is 2. The first-order chi connectivity index (χ1) is 11.4. The van der Waals surface area contributed by atoms with Gasteiger partial charge in [0.25, 0.3) is 5.91 Å². The molecule has 0 saturated heterocycles. The molecule has 0 aliphatic rings. The summed E-state index contributed by atoms with van der Waals surface area (Å²) in [6.07, 6.45) is -0.580. The number of ether oxygens (including phenoxy) is 2. The van der Waals surface area contributed by atoms with E-state index >= 15 is 0 Å². The van der Waals surface area contributed by atoms with Crippen molar-refractivity contribution in [3.05, 3.63) is 59.2 Å². The summed E-state index contributed by atoms with van der Waals surface area (Å²) in [6, 6.07) is 13.4. The Morgan fingerprint density at radius 3 is 2.29 bits per heavy atom. The lowest BCUT2D eigenvalue weighted by Gasteiger charge is -2.20. The van der Waals surface area contributed by atoms with E-state index in [0.29, 0.717) is 5.75 Å². The van der Waals surface area contributed by atoms with Gasteiger partial charge in [-0.15, -0.1) is 0 Å². The van der Waals surface area contributed by atoms with E-state index < -0.39 is 6.10 Å². The van der Waals surface area contributed by atoms with Gasteiger partial charge in [0.15, 0.2) is 6.10 Å². The van der Waals surface area contributed by atoms with Crippen LogP contribution in [0.25, 0.3) is 0 Å². The maximum Gasteiger partial charge on any atom is 0.261 e. The van der Waals surface area contributed by atoms with Gasteiger partial charge in [-0.2, -0.15) is 0 Å². The van der Waals surface area contributed by atoms with Crippen LogP contribution in [0.2, 0.25) is 0 Å². The van der Waals surface area contributed by atoms with Gasteiger partial charge < -0.3 is 14.8 Å². The molecule has 0 unspecified atom stereocenters. The zero-order valence-corrected chi connectivity index (χ0v) is 14.9. The van der Waals surface area contributed by atoms with Gasteiger partial charge >= 0.3 is 0 Å². The van der Waals surface area contributed by atoms with E-state index in [1.165, 1.54) is 0 Å². The fraction of sp³-hybridized carbons (Fsp3) is 0.350. The Labute approximate surface area is 143 Å². The number of rotatable bonds is 6. The summed E-state index contributed by atoms with van der Waals surface area (Å²) in [5.41, 5.74) is 3.16. The topological polar surface area (TPSA) is 47.6 Å². The van der Waals surface area contributed by atoms with Crippen LogP contribution in [0.4, 0.5) is 0 Å². The number of hydrogen-bond donors (Lipinski definition) is 1. The predicted octanol–water partition coefficient (Wildman–Crippen LogP) is 3.96. The highest BCUT2D eigenvalue weighted by Gasteiger charge is 2.19. The second-order valence-electron chi connectivity index (χ2n) is 6.06. The van der Waals surface area contributed by atoms with Crippen molar-refractivity contribution < 1.29 is 14.3 Å². The molecule has 0 aromatic heterocycles. The summed E-state index contributed by atoms with van der Waals surface area (Å²) >= 11 is 0. The monoisotopic (exact) mass is 327 g/mol. The van der Waals surface area contributed by atoms with Crippen LogP contribution in [0.3, 0.4) is 0 Å². The number of aryl methyl sites for hydroxylation is 2. The number of methoxy groups -OCH3 is 1. The van der Waals surface area contributed by atoms with E-state index in [9.17, 15) is 4.79 Å². The van der Waals surface area contributed by atoms with Crippen LogP contribution in [0.5, 0.6) is 11.5 Å². The van der Waals surface area contributed by atoms with E-state index in [1.54, 1.807) is 14.0 Å². The zero-order chi connectivity index (χ0) is 17.7. The molecule has 0 fully saturated rings. The van der Waals surface area contributed by atoms with Crippen LogP contribution in [0, 0.1) is 13.8 Å². The van der Waals surface area contributed by atoms with E-state index in [4.69, 9.17) is 9.47 Å². The fourth-order valence-corrected chi connectivity index (χ4v) is 2.69. The van der Waals surface area contributed by atoms with E-state index in [2.05, 4.69) is 11.4 Å². The smallest absolute Gasteiger partial charge is 0.261 e. The quantitative estimate of drug-likeness (QED) is 0.874. The number of para-hydroxylation sites is 1. The van der Waals surface area contributed by atoms with Gasteiger partial charge in [-0.3, -0.25) is 4.79 Å². The molecule has 1 N–H and O–H groups in total. The van der Waals surface area contributed by atoms with E-state index in [0.717, 1.165) is 22.4 Å². The highest BCUT2D eigenvalue weighted by molar-refractivity contribution is 5.81. The Morgan fingerprint density at radius 1 is 1.04 bits per heavy atom. The summed E-state index contributed by atoms with van der Waals surface area (Å²) < 4.78 is 11.1. The van der Waals surface area contributed by atoms with Gasteiger partial charge in [0.2, 0.25) is 0 Å². The highest BCUT2D eigenvalue weighted by atomic mass is 16.5. The first-order valence-corrected chi connectivity index (χ1v) is 8.09. The third-order valence-electron chi connectivity index (χ3n) is 3.84. The maximum absolute atomic E-state index is 12.4. The van der Waals surface area contributed by atoms with Crippen molar-refractivity contribution >= 4 is 5.91 Å². The second kappa shape index (κ2) is 7.86. The van der Waals surface area contributed by atoms with Gasteiger partial charge in [-0.25, -0.2) is 0 Å². The summed E-state index contributed by atoms with van der Waals surface area (Å²) in [7, 11) is 1.62. The van der Waals surface area contributed by atoms with Crippen LogP contribution in [-0.2, 0) is 4.79 Å². The summed E-state index contributed by atoms with van der Waals surface area (Å²) in [6.45, 7) is 7.70. The Balaban J connectivity index is 2.03. The number of hydrogen-bond acceptors (Lipinski definition) is 3. The van der Waals surface area contributed by atoms with Crippen molar-refractivity contribution in [1.29, 1.82) is 0 Å². The van der Waals surface area contributed by atoms with E-state index in [1.807, 2.05) is 57.2 Å². The molecule has 2 atom stereocenters. The van der Waals surface area contributed by atoms with Crippen molar-refractivity contribution in [2.45, 2.75) is 39.8 Å². The molecule has 0 aliphatic carbocycles. The first kappa shape index (κ1) is 17.9. The number of carbonyl (C=O) groups is 1. The third kappa shape index (κ3) is 4.51. The molecular weight excluding hydrogens is 302 g/mol. The van der Waals surface area contributed by atoms with Crippen LogP contribution in [-0.4, -0.2) is 19.1 Å². The van der Waals surface area contributed by atoms with Crippen LogP contribution < -0.4 is 14.8 Å². The average molecular weight is 327 g/mol. The normalized spacial score (nSPS) is 13.0. The summed E-state index contributed by atoms with van der Waals surface area (Å²) in [5, 5.41) is 2.98. The average Bonchev–Trinajstić information content (AvgIpc) is 2.53. The second-order valence-corrected chi connectivity index (χ2v) is 6.06. The molecule has 128 valence electrons. The number of nitrogens with one attached hydrogen (secondary N) is 1. The molecule has 0 heterocycles. The third-order valence-corrected chi connectivity index (χ3v) is 3.84. The molecule has 4 nitrogen and oxygen atoms in total. The first-order valence-electron chi connectivity index (χ1n) is 8.09. The molecule has 2 rings (SSSR count). The molecule has 24 heavy (non-hydrogen) atoms. The molecule has 0 bridgehead atoms. The largest absolute Gasteiger partial charge is 0.496 e. The van der Waals surface area contributed by atoms with Crippen LogP contribution in [0.1, 0.15) is 36.6 Å². The lowest BCUT2D eigenvalue weighted by molar-refractivity contribution is -0.127. The summed E-state index contributed by atoms with van der Waals surface area (Å²) in [4.78, 5) is 12.4. The fourth-order valence-electron chi connectivity index (χ4n) is 2.69. The minimum atomic E-state index is -0.580. The van der Waals surface area contributed by atoms with Crippen molar-refractivity contribution in [3.8, 4) is 11.5 Å². The lowest BCUT2D eigenvalue weighted by atomic mass is 10.1. The molecule has 0 radical (unpaired) electrons. The van der Waals surface area contributed by atoms with Crippen molar-refractivity contribution in [1.82, 2.24) is 5.32 Å². The Kier molecular flexibility index (Phi) is 5.85. The Morgan fingerprint density at radius 2 is 1.67 bits per heavy atom. The number of carbonyl (C=O) groups excluding carboxylic acids is 1. The summed E-state index contributed by atoms with van der Waals surface area (Å²) in [5.74, 6) is 1.31. The molecule has 2 aromatic rings. The van der Waals surface area contributed by atoms with E-state index in [-0.39, 0.29) is 11.9 Å².